The highest BCUT2D eigenvalue weighted by Gasteiger charge is 2.57. The zero-order valence-corrected chi connectivity index (χ0v) is 50.2. The summed E-state index contributed by atoms with van der Waals surface area (Å²) in [5, 5.41) is 55.8. The van der Waals surface area contributed by atoms with Gasteiger partial charge in [-0.15, -0.1) is 0 Å². The standard InChI is InChI=1S/C63H97N5O13/c1-13-44-28-27-43(34-51(44)71)33-48-60(76)68-31-21-24-47(67-68)61(77)79-52(26-20-16-19-25-49(69)40(8)56-46(29-30-62(11,78-12)81-56)58(74)65-54(36(3)4)59(75)64-48)38(6)23-18-15-17-22-37(5)50(70)35-53-41(9)55(72)42(10)63(80-53)39(7)32-45(14-2)57(73)66-63/h15-16,18-20,23,25,27-28,34,36-37,39-42,45-50,52-56,67,69-72H,13-14,17,21-22,24,26,29-33,35H2,1-12H3,(H,64,75)(H,65,74)(H,66,73)/b18-15+,20-16+,25-19+,38-23+/t37-,39-,40-,41-,42-,45-,46+,47?,48-,49-,50-,52-,53-,54-,55-,56+,62?,63+/m0/s1. The number of rotatable bonds is 14. The molecule has 5 aliphatic heterocycles. The third kappa shape index (κ3) is 16.0. The number of aliphatic hydroxyl groups excluding tert-OH is 3. The first-order valence-electron chi connectivity index (χ1n) is 30.0. The van der Waals surface area contributed by atoms with Gasteiger partial charge in [0.2, 0.25) is 17.7 Å². The molecule has 4 fully saturated rings. The van der Waals surface area contributed by atoms with E-state index in [1.165, 1.54) is 12.1 Å². The highest BCUT2D eigenvalue weighted by molar-refractivity contribution is 5.93. The maximum absolute atomic E-state index is 14.7. The molecule has 2 unspecified atom stereocenters. The van der Waals surface area contributed by atoms with Crippen molar-refractivity contribution in [3.8, 4) is 5.75 Å². The van der Waals surface area contributed by atoms with E-state index in [1.54, 1.807) is 64.1 Å². The normalized spacial score (nSPS) is 36.8. The number of cyclic esters (lactones) is 1. The lowest BCUT2D eigenvalue weighted by Crippen LogP contribution is -2.71. The number of amides is 4. The smallest absolute Gasteiger partial charge is 0.325 e. The van der Waals surface area contributed by atoms with E-state index in [9.17, 15) is 44.4 Å². The largest absolute Gasteiger partial charge is 0.508 e. The summed E-state index contributed by atoms with van der Waals surface area (Å²) in [5.41, 5.74) is 4.16. The number of carbonyl (C=O) groups is 5. The molecule has 8 N–H and O–H groups in total. The minimum Gasteiger partial charge on any atom is -0.508 e. The second kappa shape index (κ2) is 29.0. The average molecular weight is 1130 g/mol. The van der Waals surface area contributed by atoms with E-state index >= 15 is 0 Å². The van der Waals surface area contributed by atoms with E-state index in [2.05, 4.69) is 28.3 Å². The van der Waals surface area contributed by atoms with Crippen LogP contribution in [0.3, 0.4) is 0 Å². The molecule has 81 heavy (non-hydrogen) atoms. The lowest BCUT2D eigenvalue weighted by atomic mass is 9.69. The van der Waals surface area contributed by atoms with Crippen LogP contribution in [0.5, 0.6) is 5.75 Å². The molecule has 452 valence electrons. The van der Waals surface area contributed by atoms with E-state index in [4.69, 9.17) is 18.9 Å². The summed E-state index contributed by atoms with van der Waals surface area (Å²) in [6.07, 6.45) is 13.6. The zero-order chi connectivity index (χ0) is 59.5. The van der Waals surface area contributed by atoms with Crippen molar-refractivity contribution in [3.05, 3.63) is 77.4 Å². The Labute approximate surface area is 481 Å². The number of ether oxygens (including phenoxy) is 4. The van der Waals surface area contributed by atoms with Crippen LogP contribution in [0.25, 0.3) is 0 Å². The Kier molecular flexibility index (Phi) is 23.4. The molecule has 18 heteroatoms. The predicted molar refractivity (Wildman–Crippen MR) is 308 cm³/mol. The number of hydrazine groups is 1. The number of methoxy groups -OCH3 is 1. The molecule has 5 aliphatic rings. The van der Waals surface area contributed by atoms with Gasteiger partial charge in [-0.25, -0.2) is 5.43 Å². The first-order valence-corrected chi connectivity index (χ1v) is 30.0. The van der Waals surface area contributed by atoms with Gasteiger partial charge in [-0.1, -0.05) is 117 Å². The maximum Gasteiger partial charge on any atom is 0.325 e. The van der Waals surface area contributed by atoms with E-state index < -0.39 is 108 Å². The third-order valence-electron chi connectivity index (χ3n) is 18.4. The minimum atomic E-state index is -1.18. The summed E-state index contributed by atoms with van der Waals surface area (Å²) in [5.74, 6) is -5.72. The summed E-state index contributed by atoms with van der Waals surface area (Å²) in [7, 11) is 1.53. The summed E-state index contributed by atoms with van der Waals surface area (Å²) < 4.78 is 25.2. The average Bonchev–Trinajstić information content (AvgIpc) is 3.49. The molecule has 0 aliphatic carbocycles. The van der Waals surface area contributed by atoms with Crippen LogP contribution in [0.1, 0.15) is 151 Å². The van der Waals surface area contributed by atoms with E-state index in [-0.39, 0.29) is 60.6 Å². The van der Waals surface area contributed by atoms with Crippen LogP contribution in [0.4, 0.5) is 0 Å². The van der Waals surface area contributed by atoms with Crippen LogP contribution in [-0.2, 0) is 55.8 Å². The lowest BCUT2D eigenvalue weighted by Gasteiger charge is -2.56. The number of benzene rings is 1. The predicted octanol–water partition coefficient (Wildman–Crippen LogP) is 6.78. The fraction of sp³-hybridized carbons (Fsp3) is 0.698. The number of carbonyl (C=O) groups excluding carboxylic acids is 5. The Morgan fingerprint density at radius 3 is 2.38 bits per heavy atom. The fourth-order valence-corrected chi connectivity index (χ4v) is 12.4. The van der Waals surface area contributed by atoms with Crippen molar-refractivity contribution >= 4 is 29.6 Å². The van der Waals surface area contributed by atoms with Crippen molar-refractivity contribution < 1.29 is 63.3 Å². The Bertz CT molecular complexity index is 2450. The second-order valence-electron chi connectivity index (χ2n) is 24.5. The Morgan fingerprint density at radius 2 is 1.70 bits per heavy atom. The number of allylic oxidation sites excluding steroid dienone is 5. The second-order valence-corrected chi connectivity index (χ2v) is 24.5. The Morgan fingerprint density at radius 1 is 0.963 bits per heavy atom. The molecular weight excluding hydrogens is 1030 g/mol. The molecule has 2 bridgehead atoms. The molecule has 0 aromatic heterocycles. The zero-order valence-electron chi connectivity index (χ0n) is 50.2. The lowest BCUT2D eigenvalue weighted by molar-refractivity contribution is -0.280. The first kappa shape index (κ1) is 65.2. The molecule has 18 nitrogen and oxygen atoms in total. The summed E-state index contributed by atoms with van der Waals surface area (Å²) in [4.78, 5) is 70.9. The van der Waals surface area contributed by atoms with Gasteiger partial charge in [-0.3, -0.25) is 29.0 Å². The van der Waals surface area contributed by atoms with E-state index in [1.807, 2.05) is 65.8 Å². The van der Waals surface area contributed by atoms with Crippen molar-refractivity contribution in [2.45, 2.75) is 219 Å². The van der Waals surface area contributed by atoms with Gasteiger partial charge in [0.1, 0.15) is 35.7 Å². The van der Waals surface area contributed by atoms with E-state index in [0.29, 0.717) is 63.4 Å². The maximum atomic E-state index is 14.7. The molecule has 1 aromatic carbocycles. The molecule has 6 rings (SSSR count). The number of aliphatic hydroxyl groups is 3. The first-order chi connectivity index (χ1) is 38.4. The van der Waals surface area contributed by atoms with Gasteiger partial charge >= 0.3 is 5.97 Å². The highest BCUT2D eigenvalue weighted by Crippen LogP contribution is 2.46. The van der Waals surface area contributed by atoms with Gasteiger partial charge < -0.3 is 55.3 Å². The van der Waals surface area contributed by atoms with Gasteiger partial charge in [0.05, 0.1) is 36.4 Å². The Balaban J connectivity index is 1.21. The number of esters is 1. The number of phenolic OH excluding ortho intramolecular Hbond substituents is 1. The van der Waals surface area contributed by atoms with Crippen LogP contribution in [0.15, 0.2) is 66.3 Å². The van der Waals surface area contributed by atoms with Crippen LogP contribution in [0, 0.1) is 47.3 Å². The number of nitrogens with zero attached hydrogens (tertiary/aromatic N) is 1. The van der Waals surface area contributed by atoms with Crippen LogP contribution < -0.4 is 21.4 Å². The number of aromatic hydroxyl groups is 1. The van der Waals surface area contributed by atoms with Crippen LogP contribution >= 0.6 is 0 Å². The molecule has 1 spiro atoms. The Hall–Kier alpha value is -4.95. The molecule has 18 atom stereocenters. The van der Waals surface area contributed by atoms with Crippen molar-refractivity contribution in [3.63, 3.8) is 0 Å². The molecular formula is C63H97N5O13. The number of nitrogens with one attached hydrogen (secondary N) is 4. The SMILES string of the molecule is CCc1ccc(C[C@@H]2NC(=O)[C@H](C(C)C)NC(=O)[C@@H]3CCC(C)(OC)O[C@@H]3[C@@H](C)[C@@H](O)/C=C/C=C/C[C@@H](/C(C)=C/C=C/CC[C@H](C)[C@@H](O)C[C@@H]3O[C@@]4(NC(=O)[C@@H](CC)C[C@@H]4C)[C@@H](C)[C@@H](O)[C@H]3C)OC(=O)C3CCCN(N3)C2=O)cc1O. The number of phenols is 1. The van der Waals surface area contributed by atoms with Crippen molar-refractivity contribution in [2.24, 2.45) is 47.3 Å². The summed E-state index contributed by atoms with van der Waals surface area (Å²) in [6.45, 7) is 21.1. The molecule has 5 heterocycles. The fourth-order valence-electron chi connectivity index (χ4n) is 12.4. The molecule has 1 aromatic rings. The van der Waals surface area contributed by atoms with Gasteiger partial charge in [0.25, 0.3) is 5.91 Å². The highest BCUT2D eigenvalue weighted by atomic mass is 16.7. The van der Waals surface area contributed by atoms with Crippen LogP contribution in [0.2, 0.25) is 0 Å². The van der Waals surface area contributed by atoms with Gasteiger partial charge in [0.15, 0.2) is 5.79 Å². The number of piperidine rings is 1. The minimum absolute atomic E-state index is 0.00273. The number of aryl methyl sites for hydroxylation is 1. The summed E-state index contributed by atoms with van der Waals surface area (Å²) in [6, 6.07) is 2.01. The van der Waals surface area contributed by atoms with Crippen LogP contribution in [-0.4, -0.2) is 135 Å². The summed E-state index contributed by atoms with van der Waals surface area (Å²) >= 11 is 0. The molecule has 4 amide bonds. The monoisotopic (exact) mass is 1130 g/mol. The van der Waals surface area contributed by atoms with Gasteiger partial charge in [0, 0.05) is 68.9 Å². The quantitative estimate of drug-likeness (QED) is 0.0707. The van der Waals surface area contributed by atoms with Gasteiger partial charge in [-0.05, 0) is 99.8 Å². The van der Waals surface area contributed by atoms with Crippen molar-refractivity contribution in [1.82, 2.24) is 26.4 Å². The number of hydrogen-bond acceptors (Lipinski definition) is 14. The van der Waals surface area contributed by atoms with Crippen molar-refractivity contribution in [1.29, 1.82) is 0 Å². The number of hydrogen-bond donors (Lipinski definition) is 8. The van der Waals surface area contributed by atoms with Gasteiger partial charge in [-0.2, -0.15) is 0 Å². The number of fused-ring (bicyclic) bond motifs is 3. The molecule has 4 saturated heterocycles. The van der Waals surface area contributed by atoms with Crippen molar-refractivity contribution in [2.75, 3.05) is 13.7 Å². The molecule has 0 saturated carbocycles. The third-order valence-corrected chi connectivity index (χ3v) is 18.4. The van der Waals surface area contributed by atoms with E-state index in [0.717, 1.165) is 17.6 Å². The molecule has 0 radical (unpaired) electrons. The topological polar surface area (TPSA) is 255 Å².